The predicted octanol–water partition coefficient (Wildman–Crippen LogP) is 4.28. The second-order valence-corrected chi connectivity index (χ2v) is 7.24. The van der Waals surface area contributed by atoms with E-state index in [2.05, 4.69) is 31.2 Å². The Morgan fingerprint density at radius 2 is 2.00 bits per heavy atom. The third-order valence-corrected chi connectivity index (χ3v) is 4.64. The van der Waals surface area contributed by atoms with Crippen molar-refractivity contribution in [3.8, 4) is 0 Å². The number of H-pyrrole nitrogens is 1. The maximum Gasteiger partial charge on any atom is 0.295 e. The van der Waals surface area contributed by atoms with Crippen molar-refractivity contribution < 1.29 is 18.4 Å². The minimum absolute atomic E-state index is 0.155. The van der Waals surface area contributed by atoms with E-state index < -0.39 is 18.2 Å². The summed E-state index contributed by atoms with van der Waals surface area (Å²) in [7, 11) is 1.50. The first-order valence-electron chi connectivity index (χ1n) is 8.34. The van der Waals surface area contributed by atoms with Crippen LogP contribution in [0.4, 0.5) is 14.5 Å². The second kappa shape index (κ2) is 8.05. The molecule has 1 aromatic heterocycles. The van der Waals surface area contributed by atoms with Crippen LogP contribution in [-0.2, 0) is 4.79 Å². The number of fused-ring (bicyclic) bond motifs is 1. The Morgan fingerprint density at radius 3 is 2.68 bits per heavy atom. The van der Waals surface area contributed by atoms with Gasteiger partial charge in [0.25, 0.3) is 12.3 Å². The molecule has 28 heavy (non-hydrogen) atoms. The van der Waals surface area contributed by atoms with Gasteiger partial charge in [-0.25, -0.2) is 13.8 Å². The standard InChI is InChI=1S/C19H17BrF2N4O2/c1-10-7-12(20)4-6-13(10)23-16(27)9-26(2)19(28)11-3-5-14-15(8-11)25-18(24-14)17(21)22/h3-8,17H,9H2,1-2H3,(H,23,27)(H,24,25). The number of nitrogens with zero attached hydrogens (tertiary/aromatic N) is 2. The number of carbonyl (C=O) groups excluding carboxylic acids is 2. The number of alkyl halides is 2. The molecule has 0 fully saturated rings. The molecule has 3 rings (SSSR count). The Labute approximate surface area is 168 Å². The number of rotatable bonds is 5. The fraction of sp³-hybridized carbons (Fsp3) is 0.211. The molecule has 2 amide bonds. The SMILES string of the molecule is Cc1cc(Br)ccc1NC(=O)CN(C)C(=O)c1ccc2nc(C(F)F)[nH]c2c1. The van der Waals surface area contributed by atoms with Crippen molar-refractivity contribution in [2.45, 2.75) is 13.3 Å². The maximum absolute atomic E-state index is 12.7. The molecule has 9 heteroatoms. The molecule has 3 aromatic rings. The molecule has 2 aromatic carbocycles. The first kappa shape index (κ1) is 19.9. The normalized spacial score (nSPS) is 11.1. The fourth-order valence-electron chi connectivity index (χ4n) is 2.73. The number of halogens is 3. The summed E-state index contributed by atoms with van der Waals surface area (Å²) in [6, 6.07) is 9.89. The zero-order valence-electron chi connectivity index (χ0n) is 15.1. The van der Waals surface area contributed by atoms with E-state index in [0.29, 0.717) is 16.7 Å². The van der Waals surface area contributed by atoms with Gasteiger partial charge in [0.1, 0.15) is 0 Å². The van der Waals surface area contributed by atoms with Gasteiger partial charge in [0.2, 0.25) is 5.91 Å². The number of aromatic amines is 1. The van der Waals surface area contributed by atoms with E-state index in [9.17, 15) is 18.4 Å². The number of likely N-dealkylation sites (N-methyl/N-ethyl adjacent to an activating group) is 1. The lowest BCUT2D eigenvalue weighted by Gasteiger charge is -2.17. The van der Waals surface area contributed by atoms with Crippen LogP contribution in [0.15, 0.2) is 40.9 Å². The van der Waals surface area contributed by atoms with Crippen LogP contribution in [0.5, 0.6) is 0 Å². The Balaban J connectivity index is 1.69. The van der Waals surface area contributed by atoms with Crippen LogP contribution < -0.4 is 5.32 Å². The van der Waals surface area contributed by atoms with Gasteiger partial charge in [0.05, 0.1) is 17.6 Å². The largest absolute Gasteiger partial charge is 0.337 e. The lowest BCUT2D eigenvalue weighted by atomic mass is 10.1. The minimum atomic E-state index is -2.72. The molecular weight excluding hydrogens is 434 g/mol. The summed E-state index contributed by atoms with van der Waals surface area (Å²) in [5.74, 6) is -1.20. The van der Waals surface area contributed by atoms with E-state index in [4.69, 9.17) is 0 Å². The van der Waals surface area contributed by atoms with Crippen molar-refractivity contribution in [1.82, 2.24) is 14.9 Å². The number of benzene rings is 2. The number of aromatic nitrogens is 2. The zero-order chi connectivity index (χ0) is 20.4. The minimum Gasteiger partial charge on any atom is -0.337 e. The van der Waals surface area contributed by atoms with Crippen LogP contribution >= 0.6 is 15.9 Å². The van der Waals surface area contributed by atoms with Crippen LogP contribution in [0.2, 0.25) is 0 Å². The van der Waals surface area contributed by atoms with Crippen molar-refractivity contribution in [2.24, 2.45) is 0 Å². The molecule has 0 spiro atoms. The Kier molecular flexibility index (Phi) is 5.73. The topological polar surface area (TPSA) is 78.1 Å². The number of aryl methyl sites for hydroxylation is 1. The zero-order valence-corrected chi connectivity index (χ0v) is 16.7. The third-order valence-electron chi connectivity index (χ3n) is 4.14. The molecule has 2 N–H and O–H groups in total. The van der Waals surface area contributed by atoms with E-state index >= 15 is 0 Å². The van der Waals surface area contributed by atoms with Crippen molar-refractivity contribution in [1.29, 1.82) is 0 Å². The summed E-state index contributed by atoms with van der Waals surface area (Å²) in [6.07, 6.45) is -2.72. The molecule has 0 bridgehead atoms. The van der Waals surface area contributed by atoms with E-state index in [0.717, 1.165) is 10.0 Å². The van der Waals surface area contributed by atoms with Gasteiger partial charge in [-0.05, 0) is 48.9 Å². The monoisotopic (exact) mass is 450 g/mol. The Hall–Kier alpha value is -2.81. The summed E-state index contributed by atoms with van der Waals surface area (Å²) >= 11 is 3.36. The number of hydrogen-bond donors (Lipinski definition) is 2. The lowest BCUT2D eigenvalue weighted by Crippen LogP contribution is -2.35. The number of hydrogen-bond acceptors (Lipinski definition) is 3. The molecule has 0 saturated heterocycles. The van der Waals surface area contributed by atoms with Gasteiger partial charge in [0, 0.05) is 22.8 Å². The van der Waals surface area contributed by atoms with Crippen LogP contribution in [0.3, 0.4) is 0 Å². The Morgan fingerprint density at radius 1 is 1.25 bits per heavy atom. The molecule has 0 aliphatic carbocycles. The van der Waals surface area contributed by atoms with Crippen LogP contribution in [0.25, 0.3) is 11.0 Å². The molecule has 0 aliphatic rings. The van der Waals surface area contributed by atoms with Gasteiger partial charge in [-0.1, -0.05) is 15.9 Å². The van der Waals surface area contributed by atoms with E-state index in [1.165, 1.54) is 30.1 Å². The average molecular weight is 451 g/mol. The van der Waals surface area contributed by atoms with Crippen molar-refractivity contribution in [3.05, 3.63) is 57.8 Å². The Bertz CT molecular complexity index is 1050. The maximum atomic E-state index is 12.7. The highest BCUT2D eigenvalue weighted by molar-refractivity contribution is 9.10. The molecule has 0 radical (unpaired) electrons. The van der Waals surface area contributed by atoms with Gasteiger partial charge in [-0.15, -0.1) is 0 Å². The lowest BCUT2D eigenvalue weighted by molar-refractivity contribution is -0.116. The summed E-state index contributed by atoms with van der Waals surface area (Å²) in [4.78, 5) is 32.4. The van der Waals surface area contributed by atoms with Gasteiger partial charge >= 0.3 is 0 Å². The molecule has 146 valence electrons. The molecule has 0 unspecified atom stereocenters. The highest BCUT2D eigenvalue weighted by Gasteiger charge is 2.18. The van der Waals surface area contributed by atoms with Gasteiger partial charge in [0.15, 0.2) is 5.82 Å². The molecule has 0 saturated carbocycles. The van der Waals surface area contributed by atoms with E-state index in [-0.39, 0.29) is 18.0 Å². The fourth-order valence-corrected chi connectivity index (χ4v) is 3.21. The van der Waals surface area contributed by atoms with Crippen LogP contribution in [0, 0.1) is 6.92 Å². The predicted molar refractivity (Wildman–Crippen MR) is 106 cm³/mol. The first-order chi connectivity index (χ1) is 13.2. The molecule has 0 atom stereocenters. The highest BCUT2D eigenvalue weighted by atomic mass is 79.9. The second-order valence-electron chi connectivity index (χ2n) is 6.32. The molecule has 0 aliphatic heterocycles. The van der Waals surface area contributed by atoms with Crippen molar-refractivity contribution in [2.75, 3.05) is 18.9 Å². The van der Waals surface area contributed by atoms with Gasteiger partial charge in [-0.3, -0.25) is 9.59 Å². The number of nitrogens with one attached hydrogen (secondary N) is 2. The molecular formula is C19H17BrF2N4O2. The number of carbonyl (C=O) groups is 2. The number of amides is 2. The smallest absolute Gasteiger partial charge is 0.295 e. The van der Waals surface area contributed by atoms with Crippen molar-refractivity contribution in [3.63, 3.8) is 0 Å². The average Bonchev–Trinajstić information content (AvgIpc) is 3.07. The number of imidazole rings is 1. The summed E-state index contributed by atoms with van der Waals surface area (Å²) in [5.41, 5.74) is 2.50. The van der Waals surface area contributed by atoms with E-state index in [1.807, 2.05) is 19.1 Å². The quantitative estimate of drug-likeness (QED) is 0.608. The molecule has 6 nitrogen and oxygen atoms in total. The van der Waals surface area contributed by atoms with Gasteiger partial charge in [-0.2, -0.15) is 0 Å². The van der Waals surface area contributed by atoms with E-state index in [1.54, 1.807) is 6.07 Å². The first-order valence-corrected chi connectivity index (χ1v) is 9.13. The summed E-state index contributed by atoms with van der Waals surface area (Å²) < 4.78 is 26.4. The highest BCUT2D eigenvalue weighted by Crippen LogP contribution is 2.22. The third kappa shape index (κ3) is 4.36. The van der Waals surface area contributed by atoms with Crippen LogP contribution in [-0.4, -0.2) is 40.3 Å². The summed E-state index contributed by atoms with van der Waals surface area (Å²) in [6.45, 7) is 1.71. The van der Waals surface area contributed by atoms with Gasteiger partial charge < -0.3 is 15.2 Å². The summed E-state index contributed by atoms with van der Waals surface area (Å²) in [5, 5.41) is 2.77. The number of anilines is 1. The van der Waals surface area contributed by atoms with Crippen LogP contribution in [0.1, 0.15) is 28.2 Å². The molecule has 1 heterocycles. The van der Waals surface area contributed by atoms with Crippen molar-refractivity contribution >= 4 is 44.5 Å².